The smallest absolute Gasteiger partial charge is 0.416 e. The minimum Gasteiger partial charge on any atom is -0.472 e. The summed E-state index contributed by atoms with van der Waals surface area (Å²) in [6.45, 7) is -0.148. The van der Waals surface area contributed by atoms with E-state index >= 15 is 0 Å². The molecular weight excluding hydrogens is 400 g/mol. The summed E-state index contributed by atoms with van der Waals surface area (Å²) < 4.78 is 82.2. The third kappa shape index (κ3) is 3.76. The molecule has 1 fully saturated rings. The molecule has 0 aliphatic carbocycles. The summed E-state index contributed by atoms with van der Waals surface area (Å²) in [5, 5.41) is -0.326. The molecule has 5 nitrogen and oxygen atoms in total. The molecule has 140 valence electrons. The molecule has 26 heavy (non-hydrogen) atoms. The van der Waals surface area contributed by atoms with Crippen LogP contribution in [0.15, 0.2) is 41.4 Å². The van der Waals surface area contributed by atoms with Crippen LogP contribution in [0.2, 0.25) is 5.02 Å². The molecule has 0 saturated carbocycles. The highest BCUT2D eigenvalue weighted by atomic mass is 35.5. The Morgan fingerprint density at radius 2 is 1.88 bits per heavy atom. The van der Waals surface area contributed by atoms with E-state index in [0.717, 1.165) is 40.8 Å². The van der Waals surface area contributed by atoms with E-state index < -0.39 is 33.7 Å². The maximum Gasteiger partial charge on any atom is 0.416 e. The number of benzene rings is 1. The molecule has 0 unspecified atom stereocenters. The lowest BCUT2D eigenvalue weighted by Gasteiger charge is -2.37. The fraction of sp³-hybridized carbons (Fsp3) is 0.267. The molecule has 1 aliphatic heterocycles. The first-order valence-corrected chi connectivity index (χ1v) is 9.04. The second-order valence-electron chi connectivity index (χ2n) is 5.52. The van der Waals surface area contributed by atoms with Crippen molar-refractivity contribution in [2.24, 2.45) is 0 Å². The fourth-order valence-electron chi connectivity index (χ4n) is 2.28. The standard InChI is InChI=1S/C15H11ClF4N2O3S/c16-12-6-11(1-2-13(12)17)26(23,24)22-7-10(8-22)25-14-5-9(3-4-21-14)15(18,19)20/h1-6,10H,7-8H2. The Bertz CT molecular complexity index is 931. The van der Waals surface area contributed by atoms with Crippen molar-refractivity contribution < 1.29 is 30.7 Å². The van der Waals surface area contributed by atoms with Gasteiger partial charge >= 0.3 is 6.18 Å². The van der Waals surface area contributed by atoms with Crippen LogP contribution in [-0.4, -0.2) is 36.9 Å². The predicted molar refractivity (Wildman–Crippen MR) is 83.8 cm³/mol. The second-order valence-corrected chi connectivity index (χ2v) is 7.86. The number of rotatable bonds is 4. The van der Waals surface area contributed by atoms with Crippen LogP contribution in [0, 0.1) is 5.82 Å². The van der Waals surface area contributed by atoms with Crippen LogP contribution in [0.1, 0.15) is 5.56 Å². The normalized spacial score (nSPS) is 16.3. The first-order chi connectivity index (χ1) is 12.1. The van der Waals surface area contributed by atoms with Crippen molar-refractivity contribution >= 4 is 21.6 Å². The van der Waals surface area contributed by atoms with Gasteiger partial charge in [-0.1, -0.05) is 11.6 Å². The molecule has 0 atom stereocenters. The van der Waals surface area contributed by atoms with Gasteiger partial charge in [-0.25, -0.2) is 17.8 Å². The second kappa shape index (κ2) is 6.67. The maximum atomic E-state index is 13.2. The van der Waals surface area contributed by atoms with E-state index in [1.165, 1.54) is 0 Å². The Morgan fingerprint density at radius 1 is 1.19 bits per heavy atom. The molecule has 0 amide bonds. The highest BCUT2D eigenvalue weighted by molar-refractivity contribution is 7.89. The maximum absolute atomic E-state index is 13.2. The van der Waals surface area contributed by atoms with Crippen LogP contribution in [0.3, 0.4) is 0 Å². The average molecular weight is 411 g/mol. The zero-order chi connectivity index (χ0) is 19.1. The molecule has 3 rings (SSSR count). The van der Waals surface area contributed by atoms with Gasteiger partial charge in [0.05, 0.1) is 28.6 Å². The minimum absolute atomic E-state index is 0.0742. The van der Waals surface area contributed by atoms with Crippen molar-refractivity contribution in [3.63, 3.8) is 0 Å². The summed E-state index contributed by atoms with van der Waals surface area (Å²) in [7, 11) is -3.90. The number of sulfonamides is 1. The van der Waals surface area contributed by atoms with Crippen LogP contribution in [0.4, 0.5) is 17.6 Å². The monoisotopic (exact) mass is 410 g/mol. The highest BCUT2D eigenvalue weighted by Crippen LogP contribution is 2.31. The van der Waals surface area contributed by atoms with Crippen LogP contribution in [0.25, 0.3) is 0 Å². The molecule has 0 N–H and O–H groups in total. The number of pyridine rings is 1. The molecule has 1 saturated heterocycles. The van der Waals surface area contributed by atoms with Crippen molar-refractivity contribution in [3.8, 4) is 5.88 Å². The van der Waals surface area contributed by atoms with Gasteiger partial charge < -0.3 is 4.74 Å². The van der Waals surface area contributed by atoms with Gasteiger partial charge in [-0.2, -0.15) is 17.5 Å². The number of ether oxygens (including phenoxy) is 1. The molecule has 2 aromatic rings. The summed E-state index contributed by atoms with van der Waals surface area (Å²) in [5.41, 5.74) is -0.910. The first-order valence-electron chi connectivity index (χ1n) is 7.22. The quantitative estimate of drug-likeness (QED) is 0.725. The lowest BCUT2D eigenvalue weighted by Crippen LogP contribution is -2.56. The molecular formula is C15H11ClF4N2O3S. The van der Waals surface area contributed by atoms with Crippen molar-refractivity contribution in [2.75, 3.05) is 13.1 Å². The number of hydrogen-bond donors (Lipinski definition) is 0. The van der Waals surface area contributed by atoms with Gasteiger partial charge in [0.25, 0.3) is 0 Å². The lowest BCUT2D eigenvalue weighted by atomic mass is 10.2. The number of hydrogen-bond acceptors (Lipinski definition) is 4. The van der Waals surface area contributed by atoms with Gasteiger partial charge in [-0.15, -0.1) is 0 Å². The average Bonchev–Trinajstić information content (AvgIpc) is 2.52. The Labute approximate surface area is 151 Å². The van der Waals surface area contributed by atoms with Gasteiger partial charge in [0.2, 0.25) is 15.9 Å². The summed E-state index contributed by atoms with van der Waals surface area (Å²) in [6, 6.07) is 4.57. The van der Waals surface area contributed by atoms with Crippen LogP contribution >= 0.6 is 11.6 Å². The molecule has 1 aliphatic rings. The Balaban J connectivity index is 1.66. The first kappa shape index (κ1) is 18.9. The van der Waals surface area contributed by atoms with Crippen LogP contribution in [0.5, 0.6) is 5.88 Å². The number of nitrogens with zero attached hydrogens (tertiary/aromatic N) is 2. The van der Waals surface area contributed by atoms with Crippen LogP contribution in [-0.2, 0) is 16.2 Å². The van der Waals surface area contributed by atoms with E-state index in [0.29, 0.717) is 0 Å². The molecule has 11 heteroatoms. The Hall–Kier alpha value is -1.91. The Morgan fingerprint density at radius 3 is 2.50 bits per heavy atom. The van der Waals surface area contributed by atoms with Crippen molar-refractivity contribution in [2.45, 2.75) is 17.2 Å². The summed E-state index contributed by atoms with van der Waals surface area (Å²) >= 11 is 5.59. The SMILES string of the molecule is O=S(=O)(c1ccc(F)c(Cl)c1)N1CC(Oc2cc(C(F)(F)F)ccn2)C1. The van der Waals surface area contributed by atoms with E-state index in [-0.39, 0.29) is 28.9 Å². The molecule has 1 aromatic carbocycles. The van der Waals surface area contributed by atoms with Gasteiger partial charge in [-0.05, 0) is 24.3 Å². The van der Waals surface area contributed by atoms with Crippen LogP contribution < -0.4 is 4.74 Å². The van der Waals surface area contributed by atoms with Gasteiger partial charge in [0.15, 0.2) is 0 Å². The van der Waals surface area contributed by atoms with Crippen molar-refractivity contribution in [3.05, 3.63) is 52.9 Å². The lowest BCUT2D eigenvalue weighted by molar-refractivity contribution is -0.137. The van der Waals surface area contributed by atoms with Crippen molar-refractivity contribution in [1.29, 1.82) is 0 Å². The zero-order valence-electron chi connectivity index (χ0n) is 12.9. The van der Waals surface area contributed by atoms with Crippen molar-refractivity contribution in [1.82, 2.24) is 9.29 Å². The third-order valence-corrected chi connectivity index (χ3v) is 5.81. The van der Waals surface area contributed by atoms with E-state index in [2.05, 4.69) is 4.98 Å². The fourth-order valence-corrected chi connectivity index (χ4v) is 4.05. The molecule has 0 radical (unpaired) electrons. The molecule has 2 heterocycles. The number of aromatic nitrogens is 1. The number of alkyl halides is 3. The molecule has 1 aromatic heterocycles. The summed E-state index contributed by atoms with van der Waals surface area (Å²) in [6.07, 6.45) is -4.21. The van der Waals surface area contributed by atoms with E-state index in [1.54, 1.807) is 0 Å². The predicted octanol–water partition coefficient (Wildman–Crippen LogP) is 3.34. The largest absolute Gasteiger partial charge is 0.472 e. The highest BCUT2D eigenvalue weighted by Gasteiger charge is 2.39. The van der Waals surface area contributed by atoms with Gasteiger partial charge in [0, 0.05) is 12.3 Å². The molecule has 0 bridgehead atoms. The van der Waals surface area contributed by atoms with E-state index in [9.17, 15) is 26.0 Å². The Kier molecular flexibility index (Phi) is 4.84. The topological polar surface area (TPSA) is 59.5 Å². The van der Waals surface area contributed by atoms with Gasteiger partial charge in [0.1, 0.15) is 11.9 Å². The number of halogens is 5. The van der Waals surface area contributed by atoms with E-state index in [1.807, 2.05) is 0 Å². The molecule has 0 spiro atoms. The summed E-state index contributed by atoms with van der Waals surface area (Å²) in [5.74, 6) is -0.988. The summed E-state index contributed by atoms with van der Waals surface area (Å²) in [4.78, 5) is 3.51. The van der Waals surface area contributed by atoms with E-state index in [4.69, 9.17) is 16.3 Å². The minimum atomic E-state index is -4.53. The third-order valence-electron chi connectivity index (χ3n) is 3.69. The van der Waals surface area contributed by atoms with Gasteiger partial charge in [-0.3, -0.25) is 0 Å². The zero-order valence-corrected chi connectivity index (χ0v) is 14.4.